The van der Waals surface area contributed by atoms with Gasteiger partial charge in [0, 0.05) is 11.8 Å². The van der Waals surface area contributed by atoms with Gasteiger partial charge in [0.2, 0.25) is 5.91 Å². The molecule has 0 atom stereocenters. The molecule has 1 aromatic carbocycles. The van der Waals surface area contributed by atoms with Gasteiger partial charge in [0.25, 0.3) is 0 Å². The summed E-state index contributed by atoms with van der Waals surface area (Å²) in [4.78, 5) is 25.5. The van der Waals surface area contributed by atoms with Crippen LogP contribution >= 0.6 is 0 Å². The summed E-state index contributed by atoms with van der Waals surface area (Å²) in [6.45, 7) is 1.37. The van der Waals surface area contributed by atoms with E-state index in [2.05, 4.69) is 14.8 Å². The van der Waals surface area contributed by atoms with Crippen molar-refractivity contribution in [3.63, 3.8) is 0 Å². The van der Waals surface area contributed by atoms with Crippen LogP contribution in [0, 0.1) is 5.92 Å². The van der Waals surface area contributed by atoms with Gasteiger partial charge >= 0.3 is 12.3 Å². The number of likely N-dealkylation sites (tertiary alicyclic amines) is 1. The van der Waals surface area contributed by atoms with Crippen LogP contribution < -0.4 is 14.8 Å². The zero-order chi connectivity index (χ0) is 18.0. The van der Waals surface area contributed by atoms with Gasteiger partial charge in [0.15, 0.2) is 11.5 Å². The Labute approximate surface area is 142 Å². The minimum atomic E-state index is -3.69. The second-order valence-corrected chi connectivity index (χ2v) is 5.95. The van der Waals surface area contributed by atoms with Crippen LogP contribution in [0.25, 0.3) is 0 Å². The van der Waals surface area contributed by atoms with Crippen molar-refractivity contribution in [1.82, 2.24) is 4.90 Å². The first-order valence-corrected chi connectivity index (χ1v) is 7.86. The number of anilines is 1. The number of carbonyl (C=O) groups excluding carboxylic acids is 2. The average molecular weight is 356 g/mol. The molecule has 0 unspecified atom stereocenters. The van der Waals surface area contributed by atoms with E-state index in [4.69, 9.17) is 4.74 Å². The fourth-order valence-electron chi connectivity index (χ4n) is 2.92. The second kappa shape index (κ2) is 6.83. The van der Waals surface area contributed by atoms with Gasteiger partial charge in [-0.25, -0.2) is 0 Å². The highest BCUT2D eigenvalue weighted by Crippen LogP contribution is 2.42. The molecule has 0 bridgehead atoms. The maximum atomic E-state index is 13.0. The number of ether oxygens (including phenoxy) is 3. The number of alkyl halides is 2. The van der Waals surface area contributed by atoms with Gasteiger partial charge in [-0.1, -0.05) is 0 Å². The second-order valence-electron chi connectivity index (χ2n) is 5.95. The lowest BCUT2D eigenvalue weighted by molar-refractivity contribution is -0.286. The van der Waals surface area contributed by atoms with Crippen molar-refractivity contribution in [3.8, 4) is 11.5 Å². The number of esters is 1. The first-order chi connectivity index (χ1) is 11.9. The molecule has 2 aliphatic rings. The largest absolute Gasteiger partial charge is 0.586 e. The zero-order valence-electron chi connectivity index (χ0n) is 13.6. The molecule has 0 aliphatic carbocycles. The first-order valence-electron chi connectivity index (χ1n) is 7.86. The molecule has 136 valence electrons. The molecular formula is C16H18F2N2O5. The number of methoxy groups -OCH3 is 1. The molecular weight excluding hydrogens is 338 g/mol. The highest BCUT2D eigenvalue weighted by atomic mass is 19.3. The SMILES string of the molecule is COC(=O)C1CCN(CC(=O)Nc2ccc3c(c2)OC(F)(F)O3)CC1. The average Bonchev–Trinajstić information content (AvgIpc) is 2.87. The van der Waals surface area contributed by atoms with Gasteiger partial charge in [-0.3, -0.25) is 14.5 Å². The van der Waals surface area contributed by atoms with Crippen LogP contribution in [0.3, 0.4) is 0 Å². The highest BCUT2D eigenvalue weighted by molar-refractivity contribution is 5.92. The lowest BCUT2D eigenvalue weighted by Gasteiger charge is -2.29. The van der Waals surface area contributed by atoms with Crippen molar-refractivity contribution in [2.24, 2.45) is 5.92 Å². The standard InChI is InChI=1S/C16H18F2N2O5/c1-23-15(22)10-4-6-20(7-5-10)9-14(21)19-11-2-3-12-13(8-11)25-16(17,18)24-12/h2-3,8,10H,4-7,9H2,1H3,(H,19,21). The minimum Gasteiger partial charge on any atom is -0.469 e. The molecule has 0 saturated carbocycles. The summed E-state index contributed by atoms with van der Waals surface area (Å²) in [6.07, 6.45) is -2.41. The van der Waals surface area contributed by atoms with Crippen LogP contribution in [-0.4, -0.2) is 49.8 Å². The van der Waals surface area contributed by atoms with Gasteiger partial charge in [-0.2, -0.15) is 0 Å². The van der Waals surface area contributed by atoms with Gasteiger partial charge in [-0.15, -0.1) is 8.78 Å². The number of halogens is 2. The number of amides is 1. The summed E-state index contributed by atoms with van der Waals surface area (Å²) in [5.74, 6) is -0.821. The summed E-state index contributed by atoms with van der Waals surface area (Å²) < 4.78 is 39.3. The fraction of sp³-hybridized carbons (Fsp3) is 0.500. The molecule has 9 heteroatoms. The van der Waals surface area contributed by atoms with E-state index in [1.807, 2.05) is 4.90 Å². The van der Waals surface area contributed by atoms with Crippen LogP contribution in [0.5, 0.6) is 11.5 Å². The number of rotatable bonds is 4. The van der Waals surface area contributed by atoms with Crippen LogP contribution in [0.1, 0.15) is 12.8 Å². The quantitative estimate of drug-likeness (QED) is 0.830. The molecule has 7 nitrogen and oxygen atoms in total. The van der Waals surface area contributed by atoms with Crippen LogP contribution in [0.15, 0.2) is 18.2 Å². The smallest absolute Gasteiger partial charge is 0.469 e. The van der Waals surface area contributed by atoms with Crippen molar-refractivity contribution in [1.29, 1.82) is 0 Å². The number of benzene rings is 1. The number of hydrogen-bond donors (Lipinski definition) is 1. The minimum absolute atomic E-state index is 0.0760. The Kier molecular flexibility index (Phi) is 4.76. The van der Waals surface area contributed by atoms with Crippen molar-refractivity contribution in [3.05, 3.63) is 18.2 Å². The van der Waals surface area contributed by atoms with Gasteiger partial charge < -0.3 is 19.5 Å². The molecule has 1 fully saturated rings. The monoisotopic (exact) mass is 356 g/mol. The zero-order valence-corrected chi connectivity index (χ0v) is 13.6. The third kappa shape index (κ3) is 4.16. The molecule has 1 N–H and O–H groups in total. The van der Waals surface area contributed by atoms with E-state index in [0.717, 1.165) is 0 Å². The lowest BCUT2D eigenvalue weighted by atomic mass is 9.97. The molecule has 3 rings (SSSR count). The van der Waals surface area contributed by atoms with Crippen molar-refractivity contribution < 1.29 is 32.6 Å². The molecule has 0 radical (unpaired) electrons. The number of fused-ring (bicyclic) bond motifs is 1. The first kappa shape index (κ1) is 17.4. The summed E-state index contributed by atoms with van der Waals surface area (Å²) in [7, 11) is 1.36. The highest BCUT2D eigenvalue weighted by Gasteiger charge is 2.43. The van der Waals surface area contributed by atoms with E-state index < -0.39 is 6.29 Å². The lowest BCUT2D eigenvalue weighted by Crippen LogP contribution is -2.41. The molecule has 25 heavy (non-hydrogen) atoms. The maximum absolute atomic E-state index is 13.0. The molecule has 0 aromatic heterocycles. The van der Waals surface area contributed by atoms with E-state index >= 15 is 0 Å². The Bertz CT molecular complexity index is 674. The van der Waals surface area contributed by atoms with Gasteiger partial charge in [0.1, 0.15) is 0 Å². The Hall–Kier alpha value is -2.42. The summed E-state index contributed by atoms with van der Waals surface area (Å²) in [5.41, 5.74) is 0.342. The van der Waals surface area contributed by atoms with Crippen molar-refractivity contribution in [2.45, 2.75) is 19.1 Å². The maximum Gasteiger partial charge on any atom is 0.586 e. The van der Waals surface area contributed by atoms with E-state index in [0.29, 0.717) is 31.6 Å². The number of carbonyl (C=O) groups is 2. The molecule has 2 heterocycles. The van der Waals surface area contributed by atoms with Crippen LogP contribution in [0.2, 0.25) is 0 Å². The van der Waals surface area contributed by atoms with E-state index in [9.17, 15) is 18.4 Å². The third-order valence-corrected chi connectivity index (χ3v) is 4.17. The molecule has 2 aliphatic heterocycles. The van der Waals surface area contributed by atoms with Crippen molar-refractivity contribution in [2.75, 3.05) is 32.1 Å². The number of piperidine rings is 1. The number of hydrogen-bond acceptors (Lipinski definition) is 6. The third-order valence-electron chi connectivity index (χ3n) is 4.17. The Morgan fingerprint density at radius 2 is 1.96 bits per heavy atom. The predicted molar refractivity (Wildman–Crippen MR) is 82.5 cm³/mol. The molecule has 1 amide bonds. The van der Waals surface area contributed by atoms with Gasteiger partial charge in [-0.05, 0) is 38.1 Å². The molecule has 1 saturated heterocycles. The summed E-state index contributed by atoms with van der Waals surface area (Å²) in [5, 5.41) is 2.64. The number of nitrogens with zero attached hydrogens (tertiary/aromatic N) is 1. The Morgan fingerprint density at radius 1 is 1.28 bits per heavy atom. The van der Waals surface area contributed by atoms with E-state index in [-0.39, 0.29) is 35.8 Å². The van der Waals surface area contributed by atoms with E-state index in [1.165, 1.54) is 25.3 Å². The molecule has 1 aromatic rings. The molecule has 0 spiro atoms. The Balaban J connectivity index is 1.50. The topological polar surface area (TPSA) is 77.1 Å². The van der Waals surface area contributed by atoms with Crippen molar-refractivity contribution >= 4 is 17.6 Å². The normalized spacial score (nSPS) is 19.5. The Morgan fingerprint density at radius 3 is 2.64 bits per heavy atom. The summed E-state index contributed by atoms with van der Waals surface area (Å²) >= 11 is 0. The van der Waals surface area contributed by atoms with Crippen LogP contribution in [-0.2, 0) is 14.3 Å². The fourth-order valence-corrected chi connectivity index (χ4v) is 2.92. The van der Waals surface area contributed by atoms with Gasteiger partial charge in [0.05, 0.1) is 19.6 Å². The number of nitrogens with one attached hydrogen (secondary N) is 1. The predicted octanol–water partition coefficient (Wildman–Crippen LogP) is 1.83. The summed E-state index contributed by atoms with van der Waals surface area (Å²) in [6, 6.07) is 4.07. The van der Waals surface area contributed by atoms with Crippen LogP contribution in [0.4, 0.5) is 14.5 Å². The van der Waals surface area contributed by atoms with E-state index in [1.54, 1.807) is 0 Å².